The molecule has 0 saturated carbocycles. The van der Waals surface area contributed by atoms with E-state index in [1.165, 1.54) is 5.70 Å². The summed E-state index contributed by atoms with van der Waals surface area (Å²) in [7, 11) is 6.53. The quantitative estimate of drug-likeness (QED) is 0.462. The number of hydrogen-bond acceptors (Lipinski definition) is 1. The normalized spacial score (nSPS) is 23.9. The van der Waals surface area contributed by atoms with Gasteiger partial charge in [0.2, 0.25) is 0 Å². The van der Waals surface area contributed by atoms with E-state index in [0.717, 1.165) is 30.0 Å². The molecule has 0 spiro atoms. The third-order valence-electron chi connectivity index (χ3n) is 2.48. The molecule has 1 aliphatic rings. The Labute approximate surface area is 74.5 Å². The predicted molar refractivity (Wildman–Crippen MR) is 49.5 cm³/mol. The van der Waals surface area contributed by atoms with E-state index in [2.05, 4.69) is 27.2 Å². The van der Waals surface area contributed by atoms with Gasteiger partial charge < -0.3 is 9.28 Å². The third-order valence-corrected chi connectivity index (χ3v) is 2.48. The lowest BCUT2D eigenvalue weighted by atomic mass is 10.0. The lowest BCUT2D eigenvalue weighted by molar-refractivity contribution is -0.832. The van der Waals surface area contributed by atoms with E-state index < -0.39 is 0 Å². The van der Waals surface area contributed by atoms with Gasteiger partial charge in [0, 0.05) is 12.8 Å². The van der Waals surface area contributed by atoms with Gasteiger partial charge in [-0.3, -0.25) is 0 Å². The smallest absolute Gasteiger partial charge is 0.120 e. The van der Waals surface area contributed by atoms with Crippen LogP contribution in [0.1, 0.15) is 19.3 Å². The number of nitrogens with zero attached hydrogens (tertiary/aromatic N) is 1. The molecule has 1 aliphatic carbocycles. The van der Waals surface area contributed by atoms with E-state index in [4.69, 9.17) is 0 Å². The summed E-state index contributed by atoms with van der Waals surface area (Å²) in [5, 5.41) is 0. The first-order valence-electron chi connectivity index (χ1n) is 4.48. The summed E-state index contributed by atoms with van der Waals surface area (Å²) in [5.41, 5.74) is 1.46. The molecule has 1 atom stereocenters. The summed E-state index contributed by atoms with van der Waals surface area (Å²) in [6, 6.07) is 0. The summed E-state index contributed by atoms with van der Waals surface area (Å²) in [6.07, 6.45) is 6.23. The maximum absolute atomic E-state index is 10.3. The molecule has 0 bridgehead atoms. The largest absolute Gasteiger partial charge is 0.303 e. The second-order valence-electron chi connectivity index (χ2n) is 4.42. The molecular formula is C10H18NO+. The van der Waals surface area contributed by atoms with Crippen LogP contribution in [0.2, 0.25) is 0 Å². The minimum atomic E-state index is 0.579. The van der Waals surface area contributed by atoms with Gasteiger partial charge in [0.05, 0.1) is 21.1 Å². The van der Waals surface area contributed by atoms with Crippen LogP contribution in [0.25, 0.3) is 0 Å². The average molecular weight is 168 g/mol. The van der Waals surface area contributed by atoms with E-state index in [9.17, 15) is 4.79 Å². The molecule has 0 saturated heterocycles. The third kappa shape index (κ3) is 2.18. The van der Waals surface area contributed by atoms with Crippen molar-refractivity contribution in [1.29, 1.82) is 0 Å². The molecule has 0 aromatic carbocycles. The Morgan fingerprint density at radius 2 is 2.25 bits per heavy atom. The summed E-state index contributed by atoms with van der Waals surface area (Å²) in [6.45, 7) is 0. The minimum Gasteiger partial charge on any atom is -0.303 e. The number of carbonyl (C=O) groups excluding carboxylic acids is 1. The molecule has 0 aliphatic heterocycles. The number of rotatable bonds is 3. The van der Waals surface area contributed by atoms with Crippen molar-refractivity contribution in [3.05, 3.63) is 11.8 Å². The Bertz CT molecular complexity index is 200. The molecule has 0 fully saturated rings. The zero-order valence-electron chi connectivity index (χ0n) is 8.21. The molecule has 2 heteroatoms. The maximum atomic E-state index is 10.3. The van der Waals surface area contributed by atoms with Crippen molar-refractivity contribution < 1.29 is 9.28 Å². The first kappa shape index (κ1) is 9.46. The number of quaternary nitrogens is 1. The van der Waals surface area contributed by atoms with Crippen LogP contribution in [-0.2, 0) is 4.79 Å². The number of allylic oxidation sites excluding steroid dienone is 2. The molecule has 12 heavy (non-hydrogen) atoms. The summed E-state index contributed by atoms with van der Waals surface area (Å²) >= 11 is 0. The highest BCUT2D eigenvalue weighted by Crippen LogP contribution is 2.30. The van der Waals surface area contributed by atoms with Gasteiger partial charge >= 0.3 is 0 Å². The molecule has 0 aromatic heterocycles. The Hall–Kier alpha value is -0.630. The molecule has 1 rings (SSSR count). The van der Waals surface area contributed by atoms with E-state index in [1.54, 1.807) is 0 Å². The topological polar surface area (TPSA) is 17.1 Å². The van der Waals surface area contributed by atoms with Crippen LogP contribution in [0.5, 0.6) is 0 Å². The highest BCUT2D eigenvalue weighted by Gasteiger charge is 2.25. The van der Waals surface area contributed by atoms with Crippen LogP contribution in [0, 0.1) is 5.92 Å². The Morgan fingerprint density at radius 3 is 2.67 bits per heavy atom. The Kier molecular flexibility index (Phi) is 2.68. The fraction of sp³-hybridized carbons (Fsp3) is 0.700. The first-order chi connectivity index (χ1) is 5.54. The maximum Gasteiger partial charge on any atom is 0.120 e. The van der Waals surface area contributed by atoms with Crippen LogP contribution >= 0.6 is 0 Å². The Morgan fingerprint density at radius 1 is 1.58 bits per heavy atom. The van der Waals surface area contributed by atoms with Gasteiger partial charge in [-0.1, -0.05) is 0 Å². The zero-order chi connectivity index (χ0) is 9.19. The van der Waals surface area contributed by atoms with Gasteiger partial charge in [-0.15, -0.1) is 0 Å². The minimum absolute atomic E-state index is 0.579. The fourth-order valence-corrected chi connectivity index (χ4v) is 1.63. The summed E-state index contributed by atoms with van der Waals surface area (Å²) in [5.74, 6) is 0.579. The molecule has 0 aromatic rings. The molecule has 2 nitrogen and oxygen atoms in total. The molecule has 0 radical (unpaired) electrons. The van der Waals surface area contributed by atoms with Crippen molar-refractivity contribution in [2.75, 3.05) is 21.1 Å². The van der Waals surface area contributed by atoms with Crippen LogP contribution in [0.3, 0.4) is 0 Å². The van der Waals surface area contributed by atoms with Gasteiger partial charge in [-0.2, -0.15) is 0 Å². The van der Waals surface area contributed by atoms with E-state index >= 15 is 0 Å². The van der Waals surface area contributed by atoms with E-state index in [0.29, 0.717) is 5.92 Å². The van der Waals surface area contributed by atoms with Gasteiger partial charge in [0.25, 0.3) is 0 Å². The molecule has 0 heterocycles. The monoisotopic (exact) mass is 168 g/mol. The van der Waals surface area contributed by atoms with E-state index in [-0.39, 0.29) is 0 Å². The van der Waals surface area contributed by atoms with Crippen LogP contribution in [0.4, 0.5) is 0 Å². The summed E-state index contributed by atoms with van der Waals surface area (Å²) in [4.78, 5) is 10.3. The first-order valence-corrected chi connectivity index (χ1v) is 4.48. The van der Waals surface area contributed by atoms with Crippen LogP contribution in [-0.4, -0.2) is 31.9 Å². The summed E-state index contributed by atoms with van der Waals surface area (Å²) < 4.78 is 0.912. The average Bonchev–Trinajstić information content (AvgIpc) is 2.35. The molecule has 68 valence electrons. The van der Waals surface area contributed by atoms with E-state index in [1.807, 2.05) is 0 Å². The molecule has 0 amide bonds. The second kappa shape index (κ2) is 3.40. The standard InChI is InChI=1S/C10H18NO/c1-11(2,3)10-5-4-9(8-10)6-7-12/h5,7,9H,4,6,8H2,1-3H3/q+1. The van der Waals surface area contributed by atoms with Gasteiger partial charge in [-0.05, 0) is 18.4 Å². The van der Waals surface area contributed by atoms with Gasteiger partial charge in [0.15, 0.2) is 0 Å². The van der Waals surface area contributed by atoms with Crippen molar-refractivity contribution >= 4 is 6.29 Å². The highest BCUT2D eigenvalue weighted by molar-refractivity contribution is 5.50. The fourth-order valence-electron chi connectivity index (χ4n) is 1.63. The number of carbonyl (C=O) groups is 1. The van der Waals surface area contributed by atoms with Crippen molar-refractivity contribution in [3.8, 4) is 0 Å². The highest BCUT2D eigenvalue weighted by atomic mass is 16.1. The van der Waals surface area contributed by atoms with Crippen molar-refractivity contribution in [1.82, 2.24) is 0 Å². The van der Waals surface area contributed by atoms with Crippen molar-refractivity contribution in [2.24, 2.45) is 5.92 Å². The number of hydrogen-bond donors (Lipinski definition) is 0. The SMILES string of the molecule is C[N+](C)(C)C1=CCC(CC=O)C1. The predicted octanol–water partition coefficient (Wildman–Crippen LogP) is 1.58. The number of aldehydes is 1. The van der Waals surface area contributed by atoms with Crippen LogP contribution in [0.15, 0.2) is 11.8 Å². The van der Waals surface area contributed by atoms with Gasteiger partial charge in [0.1, 0.15) is 12.0 Å². The zero-order valence-corrected chi connectivity index (χ0v) is 8.21. The van der Waals surface area contributed by atoms with Crippen molar-refractivity contribution in [3.63, 3.8) is 0 Å². The second-order valence-corrected chi connectivity index (χ2v) is 4.42. The Balaban J connectivity index is 2.48. The molecular weight excluding hydrogens is 150 g/mol. The molecule has 1 unspecified atom stereocenters. The lowest BCUT2D eigenvalue weighted by Gasteiger charge is -2.25. The lowest BCUT2D eigenvalue weighted by Crippen LogP contribution is -2.32. The van der Waals surface area contributed by atoms with Crippen molar-refractivity contribution in [2.45, 2.75) is 19.3 Å². The molecule has 0 N–H and O–H groups in total. The van der Waals surface area contributed by atoms with Crippen LogP contribution < -0.4 is 0 Å². The van der Waals surface area contributed by atoms with Gasteiger partial charge in [-0.25, -0.2) is 0 Å².